The zero-order valence-corrected chi connectivity index (χ0v) is 26.7. The number of hydrogen-bond acceptors (Lipinski definition) is 9. The van der Waals surface area contributed by atoms with Crippen molar-refractivity contribution in [2.45, 2.75) is 11.8 Å². The maximum absolute atomic E-state index is 13.0. The molecule has 2 aliphatic heterocycles. The number of primary sulfonamides is 1. The molecule has 0 saturated carbocycles. The number of ether oxygens (including phenoxy) is 2. The summed E-state index contributed by atoms with van der Waals surface area (Å²) in [5.74, 6) is 0.606. The van der Waals surface area contributed by atoms with Crippen molar-refractivity contribution < 1.29 is 27.5 Å². The van der Waals surface area contributed by atoms with Crippen LogP contribution in [0.3, 0.4) is 0 Å². The molecule has 0 atom stereocenters. The minimum absolute atomic E-state index is 0.0748. The van der Waals surface area contributed by atoms with Crippen molar-refractivity contribution in [3.63, 3.8) is 0 Å². The summed E-state index contributed by atoms with van der Waals surface area (Å²) in [6.45, 7) is 8.91. The van der Waals surface area contributed by atoms with Crippen LogP contribution < -0.4 is 30.3 Å². The predicted octanol–water partition coefficient (Wildman–Crippen LogP) is 3.46. The summed E-state index contributed by atoms with van der Waals surface area (Å²) in [7, 11) is -3.73. The Morgan fingerprint density at radius 2 is 1.48 bits per heavy atom. The number of urea groups is 1. The van der Waals surface area contributed by atoms with E-state index in [0.29, 0.717) is 50.8 Å². The Hall–Kier alpha value is -4.53. The lowest BCUT2D eigenvalue weighted by Crippen LogP contribution is -2.50. The third kappa shape index (κ3) is 8.80. The molecule has 0 spiro atoms. The van der Waals surface area contributed by atoms with E-state index in [1.165, 1.54) is 12.1 Å². The summed E-state index contributed by atoms with van der Waals surface area (Å²) in [6.07, 6.45) is -0.510. The highest BCUT2D eigenvalue weighted by Gasteiger charge is 2.23. The van der Waals surface area contributed by atoms with Crippen LogP contribution in [0.2, 0.25) is 0 Å². The van der Waals surface area contributed by atoms with Gasteiger partial charge in [-0.1, -0.05) is 18.2 Å². The van der Waals surface area contributed by atoms with E-state index >= 15 is 0 Å². The second kappa shape index (κ2) is 15.2. The fraction of sp³-hybridized carbons (Fsp3) is 0.375. The van der Waals surface area contributed by atoms with Gasteiger partial charge in [-0.25, -0.2) is 23.1 Å². The van der Waals surface area contributed by atoms with Crippen LogP contribution in [0.15, 0.2) is 77.7 Å². The fourth-order valence-electron chi connectivity index (χ4n) is 5.49. The molecule has 13 nitrogen and oxygen atoms in total. The molecular formula is C32H41N7O6S. The van der Waals surface area contributed by atoms with E-state index in [0.717, 1.165) is 43.2 Å². The van der Waals surface area contributed by atoms with Crippen molar-refractivity contribution in [1.82, 2.24) is 9.80 Å². The molecule has 0 unspecified atom stereocenters. The number of nitrogens with two attached hydrogens (primary N) is 1. The first-order valence-corrected chi connectivity index (χ1v) is 16.9. The van der Waals surface area contributed by atoms with E-state index in [-0.39, 0.29) is 17.5 Å². The molecule has 4 N–H and O–H groups in total. The predicted molar refractivity (Wildman–Crippen MR) is 178 cm³/mol. The molecule has 5 rings (SSSR count). The van der Waals surface area contributed by atoms with Gasteiger partial charge in [0.15, 0.2) is 0 Å². The van der Waals surface area contributed by atoms with Crippen LogP contribution in [-0.2, 0) is 14.8 Å². The number of sulfonamides is 1. The fourth-order valence-corrected chi connectivity index (χ4v) is 6.01. The molecule has 246 valence electrons. The largest absolute Gasteiger partial charge is 0.492 e. The first-order chi connectivity index (χ1) is 22.2. The van der Waals surface area contributed by atoms with E-state index in [2.05, 4.69) is 25.3 Å². The lowest BCUT2D eigenvalue weighted by atomic mass is 10.2. The van der Waals surface area contributed by atoms with Gasteiger partial charge in [0.1, 0.15) is 12.4 Å². The Kier molecular flexibility index (Phi) is 10.8. The Bertz CT molecular complexity index is 1590. The van der Waals surface area contributed by atoms with Crippen LogP contribution in [0.4, 0.5) is 32.3 Å². The molecule has 14 heteroatoms. The van der Waals surface area contributed by atoms with Gasteiger partial charge in [0.2, 0.25) is 10.0 Å². The van der Waals surface area contributed by atoms with E-state index in [9.17, 15) is 18.0 Å². The van der Waals surface area contributed by atoms with Gasteiger partial charge in [-0.3, -0.25) is 10.2 Å². The molecule has 3 aromatic carbocycles. The average Bonchev–Trinajstić information content (AvgIpc) is 3.06. The summed E-state index contributed by atoms with van der Waals surface area (Å²) in [6, 6.07) is 21.4. The van der Waals surface area contributed by atoms with Gasteiger partial charge < -0.3 is 29.5 Å². The van der Waals surface area contributed by atoms with Gasteiger partial charge >= 0.3 is 12.1 Å². The van der Waals surface area contributed by atoms with Gasteiger partial charge in [0.05, 0.1) is 17.2 Å². The number of hydrogen-bond donors (Lipinski definition) is 3. The smallest absolute Gasteiger partial charge is 0.411 e. The highest BCUT2D eigenvalue weighted by Crippen LogP contribution is 2.25. The molecule has 3 aromatic rings. The standard InChI is InChI=1S/C32H41N7O6S/c1-2-44-30-9-4-3-8-29(30)35-32(41)45-23-22-36-14-16-38(17-15-36)27-7-5-6-25(24-27)34-31(40)39-20-18-37(19-21-39)26-10-12-28(13-11-26)46(33,42)43/h3-13,24H,2,14-23H2,1H3,(H,34,40)(H,35,41)(H2,33,42,43). The van der Waals surface area contributed by atoms with Crippen molar-refractivity contribution in [3.05, 3.63) is 72.8 Å². The first kappa shape index (κ1) is 32.9. The molecule has 2 aliphatic rings. The quantitative estimate of drug-likeness (QED) is 0.300. The average molecular weight is 652 g/mol. The van der Waals surface area contributed by atoms with Crippen LogP contribution in [0.5, 0.6) is 5.75 Å². The van der Waals surface area contributed by atoms with Crippen molar-refractivity contribution >= 4 is 44.9 Å². The minimum Gasteiger partial charge on any atom is -0.492 e. The van der Waals surface area contributed by atoms with Crippen LogP contribution in [0.1, 0.15) is 6.92 Å². The van der Waals surface area contributed by atoms with E-state index in [1.54, 1.807) is 29.2 Å². The van der Waals surface area contributed by atoms with Crippen LogP contribution in [0.25, 0.3) is 0 Å². The number of amides is 3. The molecule has 0 aliphatic carbocycles. The van der Waals surface area contributed by atoms with Gasteiger partial charge in [-0.05, 0) is 61.5 Å². The number of anilines is 4. The third-order valence-corrected chi connectivity index (χ3v) is 8.93. The van der Waals surface area contributed by atoms with Gasteiger partial charge in [0, 0.05) is 76.0 Å². The topological polar surface area (TPSA) is 150 Å². The van der Waals surface area contributed by atoms with E-state index < -0.39 is 16.1 Å². The number of para-hydroxylation sites is 2. The van der Waals surface area contributed by atoms with Crippen molar-refractivity contribution in [3.8, 4) is 5.75 Å². The molecule has 2 saturated heterocycles. The molecular weight excluding hydrogens is 610 g/mol. The van der Waals surface area contributed by atoms with Gasteiger partial charge in [0.25, 0.3) is 0 Å². The summed E-state index contributed by atoms with van der Waals surface area (Å²) in [5, 5.41) is 11.0. The maximum Gasteiger partial charge on any atom is 0.411 e. The monoisotopic (exact) mass is 651 g/mol. The molecule has 0 radical (unpaired) electrons. The van der Waals surface area contributed by atoms with Crippen LogP contribution >= 0.6 is 0 Å². The van der Waals surface area contributed by atoms with Crippen molar-refractivity contribution in [2.75, 3.05) is 92.5 Å². The lowest BCUT2D eigenvalue weighted by molar-refractivity contribution is 0.137. The maximum atomic E-state index is 13.0. The zero-order chi connectivity index (χ0) is 32.5. The van der Waals surface area contributed by atoms with E-state index in [1.807, 2.05) is 43.3 Å². The number of nitrogens with one attached hydrogen (secondary N) is 2. The third-order valence-electron chi connectivity index (χ3n) is 8.00. The first-order valence-electron chi connectivity index (χ1n) is 15.4. The van der Waals surface area contributed by atoms with Crippen LogP contribution in [0, 0.1) is 0 Å². The number of rotatable bonds is 10. The normalized spacial score (nSPS) is 15.7. The number of piperazine rings is 2. The van der Waals surface area contributed by atoms with Crippen molar-refractivity contribution in [2.24, 2.45) is 5.14 Å². The molecule has 2 fully saturated rings. The summed E-state index contributed by atoms with van der Waals surface area (Å²) >= 11 is 0. The van der Waals surface area contributed by atoms with Gasteiger partial charge in [-0.2, -0.15) is 0 Å². The molecule has 3 amide bonds. The SMILES string of the molecule is CCOc1ccccc1NC(=O)OCCN1CCN(c2cccc(NC(=O)N3CCN(c4ccc(S(N)(=O)=O)cc4)CC3)c2)CC1. The van der Waals surface area contributed by atoms with E-state index in [4.69, 9.17) is 14.6 Å². The Balaban J connectivity index is 1.03. The summed E-state index contributed by atoms with van der Waals surface area (Å²) in [5.41, 5.74) is 3.24. The van der Waals surface area contributed by atoms with Crippen LogP contribution in [-0.4, -0.2) is 102 Å². The Labute approximate surface area is 269 Å². The number of benzene rings is 3. The zero-order valence-electron chi connectivity index (χ0n) is 25.9. The molecule has 0 aromatic heterocycles. The summed E-state index contributed by atoms with van der Waals surface area (Å²) < 4.78 is 34.0. The highest BCUT2D eigenvalue weighted by molar-refractivity contribution is 7.89. The second-order valence-corrected chi connectivity index (χ2v) is 12.6. The lowest BCUT2D eigenvalue weighted by Gasteiger charge is -2.36. The number of carbonyl (C=O) groups is 2. The molecule has 2 heterocycles. The molecule has 0 bridgehead atoms. The number of nitrogens with zero attached hydrogens (tertiary/aromatic N) is 4. The Morgan fingerprint density at radius 3 is 2.17 bits per heavy atom. The summed E-state index contributed by atoms with van der Waals surface area (Å²) in [4.78, 5) is 33.8. The Morgan fingerprint density at radius 1 is 0.804 bits per heavy atom. The second-order valence-electron chi connectivity index (χ2n) is 11.0. The van der Waals surface area contributed by atoms with Crippen molar-refractivity contribution in [1.29, 1.82) is 0 Å². The minimum atomic E-state index is -3.73. The highest BCUT2D eigenvalue weighted by atomic mass is 32.2. The molecule has 46 heavy (non-hydrogen) atoms. The van der Waals surface area contributed by atoms with Gasteiger partial charge in [-0.15, -0.1) is 0 Å². The number of carbonyl (C=O) groups excluding carboxylic acids is 2.